The number of hydrogen-bond acceptors (Lipinski definition) is 6. The SMILES string of the molecule is COc1ccc(Cl)cc1[C@]1(F)C(=O)N(COC(=O)CC(=O)OCc2ccccc2)c2cc(C(F)(F)F)ccc21. The highest BCUT2D eigenvalue weighted by molar-refractivity contribution is 6.30. The minimum atomic E-state index is -4.81. The number of fused-ring (bicyclic) bond motifs is 1. The summed E-state index contributed by atoms with van der Waals surface area (Å²) in [5.74, 6) is -3.48. The predicted molar refractivity (Wildman–Crippen MR) is 131 cm³/mol. The molecule has 12 heteroatoms. The van der Waals surface area contributed by atoms with Crippen molar-refractivity contribution >= 4 is 35.1 Å². The van der Waals surface area contributed by atoms with E-state index in [9.17, 15) is 27.6 Å². The zero-order valence-corrected chi connectivity index (χ0v) is 21.0. The van der Waals surface area contributed by atoms with Gasteiger partial charge in [-0.25, -0.2) is 4.39 Å². The highest BCUT2D eigenvalue weighted by atomic mass is 35.5. The second-order valence-electron chi connectivity index (χ2n) is 8.43. The first-order chi connectivity index (χ1) is 18.4. The fourth-order valence-electron chi connectivity index (χ4n) is 4.07. The lowest BCUT2D eigenvalue weighted by atomic mass is 9.88. The quantitative estimate of drug-likeness (QED) is 0.202. The van der Waals surface area contributed by atoms with Gasteiger partial charge in [0, 0.05) is 16.1 Å². The number of esters is 2. The topological polar surface area (TPSA) is 82.1 Å². The second-order valence-corrected chi connectivity index (χ2v) is 8.87. The van der Waals surface area contributed by atoms with Crippen LogP contribution in [0.25, 0.3) is 0 Å². The van der Waals surface area contributed by atoms with E-state index in [2.05, 4.69) is 0 Å². The van der Waals surface area contributed by atoms with E-state index < -0.39 is 59.7 Å². The zero-order valence-electron chi connectivity index (χ0n) is 20.3. The van der Waals surface area contributed by atoms with Gasteiger partial charge in [-0.2, -0.15) is 13.2 Å². The summed E-state index contributed by atoms with van der Waals surface area (Å²) in [6.07, 6.45) is -5.65. The van der Waals surface area contributed by atoms with Gasteiger partial charge in [-0.1, -0.05) is 48.0 Å². The Hall–Kier alpha value is -4.12. The minimum Gasteiger partial charge on any atom is -0.496 e. The smallest absolute Gasteiger partial charge is 0.416 e. The van der Waals surface area contributed by atoms with E-state index >= 15 is 4.39 Å². The standard InChI is InChI=1S/C27H20ClF4NO6/c1-37-22-10-8-18(28)12-20(22)26(29)19-9-7-17(27(30,31)32)11-21(19)33(25(26)36)15-39-24(35)13-23(34)38-14-16-5-3-2-4-6-16/h2-12H,13-15H2,1H3/t26-/m0/s1. The van der Waals surface area contributed by atoms with E-state index in [4.69, 9.17) is 25.8 Å². The van der Waals surface area contributed by atoms with Crippen LogP contribution in [0.5, 0.6) is 5.75 Å². The lowest BCUT2D eigenvalue weighted by Crippen LogP contribution is -2.40. The van der Waals surface area contributed by atoms with Gasteiger partial charge in [-0.3, -0.25) is 19.3 Å². The Balaban J connectivity index is 1.58. The molecule has 1 amide bonds. The largest absolute Gasteiger partial charge is 0.496 e. The number of ether oxygens (including phenoxy) is 3. The molecule has 0 unspecified atom stereocenters. The van der Waals surface area contributed by atoms with E-state index in [1.807, 2.05) is 0 Å². The van der Waals surface area contributed by atoms with Gasteiger partial charge >= 0.3 is 18.1 Å². The number of carbonyl (C=O) groups excluding carboxylic acids is 3. The van der Waals surface area contributed by atoms with Crippen LogP contribution in [0.3, 0.4) is 0 Å². The van der Waals surface area contributed by atoms with Gasteiger partial charge in [-0.05, 0) is 35.9 Å². The molecule has 7 nitrogen and oxygen atoms in total. The molecule has 0 spiro atoms. The van der Waals surface area contributed by atoms with Crippen molar-refractivity contribution in [3.63, 3.8) is 0 Å². The molecule has 0 saturated carbocycles. The first-order valence-corrected chi connectivity index (χ1v) is 11.7. The molecule has 3 aromatic carbocycles. The molecule has 0 fully saturated rings. The number of nitrogens with zero attached hydrogens (tertiary/aromatic N) is 1. The number of amides is 1. The molecule has 1 aliphatic rings. The summed E-state index contributed by atoms with van der Waals surface area (Å²) in [7, 11) is 1.22. The average molecular weight is 566 g/mol. The molecular formula is C27H20ClF4NO6. The maximum Gasteiger partial charge on any atom is 0.416 e. The minimum absolute atomic E-state index is 0.0444. The molecule has 0 saturated heterocycles. The van der Waals surface area contributed by atoms with Crippen molar-refractivity contribution < 1.29 is 46.2 Å². The van der Waals surface area contributed by atoms with Crippen LogP contribution in [0.1, 0.15) is 28.7 Å². The van der Waals surface area contributed by atoms with E-state index in [0.717, 1.165) is 12.1 Å². The van der Waals surface area contributed by atoms with Gasteiger partial charge in [0.2, 0.25) is 5.67 Å². The number of halogens is 5. The summed E-state index contributed by atoms with van der Waals surface area (Å²) in [6, 6.07) is 14.5. The molecule has 0 bridgehead atoms. The molecular weight excluding hydrogens is 546 g/mol. The van der Waals surface area contributed by atoms with Crippen LogP contribution in [0, 0.1) is 0 Å². The van der Waals surface area contributed by atoms with Crippen LogP contribution in [0.2, 0.25) is 5.02 Å². The first kappa shape index (κ1) is 27.9. The molecule has 0 aromatic heterocycles. The highest BCUT2D eigenvalue weighted by Gasteiger charge is 2.55. The predicted octanol–water partition coefficient (Wildman–Crippen LogP) is 5.56. The van der Waals surface area contributed by atoms with Gasteiger partial charge in [0.05, 0.1) is 18.4 Å². The van der Waals surface area contributed by atoms with Crippen molar-refractivity contribution in [1.82, 2.24) is 0 Å². The number of benzene rings is 3. The van der Waals surface area contributed by atoms with Gasteiger partial charge in [0.15, 0.2) is 6.73 Å². The van der Waals surface area contributed by atoms with Crippen LogP contribution >= 0.6 is 11.6 Å². The van der Waals surface area contributed by atoms with Gasteiger partial charge in [0.1, 0.15) is 18.8 Å². The summed E-state index contributed by atoms with van der Waals surface area (Å²) in [6.45, 7) is -1.07. The summed E-state index contributed by atoms with van der Waals surface area (Å²) >= 11 is 6.02. The van der Waals surface area contributed by atoms with Crippen molar-refractivity contribution in [2.24, 2.45) is 0 Å². The summed E-state index contributed by atoms with van der Waals surface area (Å²) < 4.78 is 72.2. The number of carbonyl (C=O) groups is 3. The Morgan fingerprint density at radius 1 is 0.949 bits per heavy atom. The molecule has 3 aromatic rings. The zero-order chi connectivity index (χ0) is 28.4. The van der Waals surface area contributed by atoms with Crippen molar-refractivity contribution in [3.8, 4) is 5.75 Å². The van der Waals surface area contributed by atoms with Crippen molar-refractivity contribution in [3.05, 3.63) is 94.0 Å². The summed E-state index contributed by atoms with van der Waals surface area (Å²) in [4.78, 5) is 38.2. The Labute approximate surface area is 224 Å². The van der Waals surface area contributed by atoms with Gasteiger partial charge in [0.25, 0.3) is 5.91 Å². The maximum absolute atomic E-state index is 16.7. The van der Waals surface area contributed by atoms with Crippen LogP contribution in [-0.4, -0.2) is 31.7 Å². The highest BCUT2D eigenvalue weighted by Crippen LogP contribution is 2.51. The van der Waals surface area contributed by atoms with Crippen LogP contribution < -0.4 is 9.64 Å². The Morgan fingerprint density at radius 3 is 2.31 bits per heavy atom. The Morgan fingerprint density at radius 2 is 1.64 bits per heavy atom. The molecule has 0 aliphatic carbocycles. The van der Waals surface area contributed by atoms with Crippen molar-refractivity contribution in [2.75, 3.05) is 18.7 Å². The lowest BCUT2D eigenvalue weighted by Gasteiger charge is -2.23. The molecule has 1 aliphatic heterocycles. The number of hydrogen-bond donors (Lipinski definition) is 0. The Bertz CT molecular complexity index is 1420. The molecule has 0 N–H and O–H groups in total. The number of anilines is 1. The van der Waals surface area contributed by atoms with Gasteiger partial charge in [-0.15, -0.1) is 0 Å². The van der Waals surface area contributed by atoms with E-state index in [0.29, 0.717) is 22.6 Å². The average Bonchev–Trinajstić information content (AvgIpc) is 3.12. The van der Waals surface area contributed by atoms with Crippen molar-refractivity contribution in [1.29, 1.82) is 0 Å². The number of alkyl halides is 4. The molecule has 1 atom stereocenters. The normalized spacial score (nSPS) is 16.6. The second kappa shape index (κ2) is 10.9. The van der Waals surface area contributed by atoms with Crippen LogP contribution in [-0.2, 0) is 42.3 Å². The van der Waals surface area contributed by atoms with Crippen LogP contribution in [0.4, 0.5) is 23.2 Å². The maximum atomic E-state index is 16.7. The summed E-state index contributed by atoms with van der Waals surface area (Å²) in [5.41, 5.74) is -4.75. The number of methoxy groups -OCH3 is 1. The lowest BCUT2D eigenvalue weighted by molar-refractivity contribution is -0.155. The molecule has 1 heterocycles. The molecule has 4 rings (SSSR count). The molecule has 39 heavy (non-hydrogen) atoms. The fraction of sp³-hybridized carbons (Fsp3) is 0.222. The fourth-order valence-corrected chi connectivity index (χ4v) is 4.24. The monoisotopic (exact) mass is 565 g/mol. The third-order valence-corrected chi connectivity index (χ3v) is 6.18. The van der Waals surface area contributed by atoms with Crippen LogP contribution in [0.15, 0.2) is 66.7 Å². The third kappa shape index (κ3) is 5.68. The van der Waals surface area contributed by atoms with Gasteiger partial charge < -0.3 is 14.2 Å². The molecule has 204 valence electrons. The Kier molecular flexibility index (Phi) is 7.82. The summed E-state index contributed by atoms with van der Waals surface area (Å²) in [5, 5.41) is 0.0444. The third-order valence-electron chi connectivity index (χ3n) is 5.95. The number of rotatable bonds is 8. The van der Waals surface area contributed by atoms with E-state index in [1.165, 1.54) is 19.2 Å². The van der Waals surface area contributed by atoms with Crippen molar-refractivity contribution in [2.45, 2.75) is 24.9 Å². The molecule has 0 radical (unpaired) electrons. The van der Waals surface area contributed by atoms with E-state index in [1.54, 1.807) is 30.3 Å². The first-order valence-electron chi connectivity index (χ1n) is 11.4. The van der Waals surface area contributed by atoms with E-state index in [-0.39, 0.29) is 22.9 Å².